The third-order valence-corrected chi connectivity index (χ3v) is 0. The predicted molar refractivity (Wildman–Crippen MR) is 4.44 cm³/mol. The van der Waals surface area contributed by atoms with E-state index in [0.717, 1.165) is 0 Å². The summed E-state index contributed by atoms with van der Waals surface area (Å²) < 4.78 is 29.6. The van der Waals surface area contributed by atoms with Gasteiger partial charge in [-0.15, -0.1) is 0 Å². The molecule has 0 aromatic heterocycles. The maximum Gasteiger partial charge on any atom is 1.00 e. The van der Waals surface area contributed by atoms with Crippen molar-refractivity contribution in [2.75, 3.05) is 0 Å². The molecule has 0 aliphatic rings. The molecule has 0 spiro atoms. The zero-order chi connectivity index (χ0) is 3.58. The van der Waals surface area contributed by atoms with Crippen molar-refractivity contribution in [3.05, 3.63) is 0 Å². The number of hydrogen-bond acceptors (Lipinski definition) is 0. The van der Waals surface area contributed by atoms with Crippen LogP contribution >= 0.6 is 0 Å². The minimum atomic E-state index is -5.16. The van der Waals surface area contributed by atoms with Gasteiger partial charge in [0.1, 0.15) is 0 Å². The van der Waals surface area contributed by atoms with Gasteiger partial charge in [-0.3, -0.25) is 0 Å². The first-order chi connectivity index (χ1) is 1.73. The van der Waals surface area contributed by atoms with Crippen molar-refractivity contribution in [2.45, 2.75) is 0 Å². The Kier molecular flexibility index (Phi) is 14.6. The molecule has 0 aromatic rings. The van der Waals surface area contributed by atoms with Crippen molar-refractivity contribution < 1.29 is 93.5 Å². The van der Waals surface area contributed by atoms with Crippen molar-refractivity contribution in [1.29, 1.82) is 0 Å². The smallest absolute Gasteiger partial charge is 1.00 e. The average Bonchev–Trinajstić information content (AvgIpc) is 0.811. The Hall–Kier alpha value is 2.80. The summed E-state index contributed by atoms with van der Waals surface area (Å²) in [5.74, 6) is 0. The second-order valence-electron chi connectivity index (χ2n) is 0.214. The molecule has 0 atom stereocenters. The zero-order valence-electron chi connectivity index (χ0n) is 3.63. The Morgan fingerprint density at radius 2 is 1.20 bits per heavy atom. The summed E-state index contributed by atoms with van der Waals surface area (Å²) in [6.45, 7) is 0. The summed E-state index contributed by atoms with van der Waals surface area (Å²) in [6.07, 6.45) is 0. The van der Waals surface area contributed by atoms with Crippen LogP contribution in [0.5, 0.6) is 0 Å². The third-order valence-electron chi connectivity index (χ3n) is 0. The maximum absolute atomic E-state index is 9.88. The van der Waals surface area contributed by atoms with Crippen LogP contribution in [0.3, 0.4) is 0 Å². The number of rotatable bonds is 0. The van der Waals surface area contributed by atoms with Crippen LogP contribution in [0.4, 0.5) is 2.73 Å². The number of hydrogen-bond donors (Lipinski definition) is 0. The second-order valence-corrected chi connectivity index (χ2v) is 1.56. The van der Waals surface area contributed by atoms with E-state index < -0.39 is 37.9 Å². The largest absolute Gasteiger partial charge is 1.00 e. The van der Waals surface area contributed by atoms with E-state index >= 15 is 0 Å². The van der Waals surface area contributed by atoms with E-state index in [1.165, 1.54) is 0 Å². The molecule has 0 radical (unpaired) electrons. The van der Waals surface area contributed by atoms with Crippen LogP contribution in [0.1, 0.15) is 1.43 Å². The Bertz CT molecular complexity index is 15.5. The molecule has 0 saturated carbocycles. The molecule has 0 amide bonds. The van der Waals surface area contributed by atoms with Crippen molar-refractivity contribution in [2.24, 2.45) is 0 Å². The molecule has 0 bridgehead atoms. The second kappa shape index (κ2) is 6.80. The molecule has 0 heterocycles. The average molecular weight is 237 g/mol. The SMILES string of the molecule is [F][Ce]([F])[F].[H-].[K+]. The molecule has 0 fully saturated rings. The van der Waals surface area contributed by atoms with Gasteiger partial charge in [0.25, 0.3) is 0 Å². The number of halogens is 3. The first kappa shape index (κ1) is 10.7. The van der Waals surface area contributed by atoms with Crippen LogP contribution in [0.25, 0.3) is 0 Å². The van der Waals surface area contributed by atoms with E-state index in [2.05, 4.69) is 0 Å². The minimum Gasteiger partial charge on any atom is -1.00 e. The van der Waals surface area contributed by atoms with Gasteiger partial charge in [0.2, 0.25) is 0 Å². The van der Waals surface area contributed by atoms with E-state index in [4.69, 9.17) is 0 Å². The van der Waals surface area contributed by atoms with Crippen LogP contribution in [0, 0.1) is 37.9 Å². The van der Waals surface area contributed by atoms with Crippen molar-refractivity contribution in [1.82, 2.24) is 0 Å². The summed E-state index contributed by atoms with van der Waals surface area (Å²) >= 11 is -5.16. The van der Waals surface area contributed by atoms with Crippen LogP contribution in [-0.4, -0.2) is 0 Å². The van der Waals surface area contributed by atoms with Crippen LogP contribution < -0.4 is 51.4 Å². The summed E-state index contributed by atoms with van der Waals surface area (Å²) in [4.78, 5) is 0. The van der Waals surface area contributed by atoms with E-state index in [1.807, 2.05) is 0 Å². The molecule has 0 nitrogen and oxygen atoms in total. The summed E-state index contributed by atoms with van der Waals surface area (Å²) in [5, 5.41) is 0. The first-order valence-electron chi connectivity index (χ1n) is 0.567. The topological polar surface area (TPSA) is 0 Å². The van der Waals surface area contributed by atoms with Gasteiger partial charge >= 0.3 is 92.1 Å². The molecule has 5 heteroatoms. The Morgan fingerprint density at radius 1 is 1.20 bits per heavy atom. The molecule has 0 rings (SSSR count). The Morgan fingerprint density at radius 3 is 1.20 bits per heavy atom. The summed E-state index contributed by atoms with van der Waals surface area (Å²) in [5.41, 5.74) is 0. The molecular weight excluding hydrogens is 236 g/mol. The van der Waals surface area contributed by atoms with Crippen molar-refractivity contribution in [3.8, 4) is 0 Å². The monoisotopic (exact) mass is 237 g/mol. The van der Waals surface area contributed by atoms with E-state index in [9.17, 15) is 2.73 Å². The van der Waals surface area contributed by atoms with Crippen LogP contribution in [0.15, 0.2) is 0 Å². The van der Waals surface area contributed by atoms with Gasteiger partial charge in [-0.05, 0) is 0 Å². The molecule has 0 aromatic carbocycles. The fraction of sp³-hybridized carbons (Fsp3) is 0. The maximum atomic E-state index is 9.88. The van der Waals surface area contributed by atoms with Gasteiger partial charge in [0, 0.05) is 0 Å². The predicted octanol–water partition coefficient (Wildman–Crippen LogP) is -1.62. The van der Waals surface area contributed by atoms with Gasteiger partial charge < -0.3 is 1.43 Å². The first-order valence-corrected chi connectivity index (χ1v) is 4.13. The molecule has 27 valence electrons. The molecule has 0 aliphatic carbocycles. The minimum absolute atomic E-state index is 0. The Balaban J connectivity index is -0.0000000450. The molecule has 0 N–H and O–H groups in total. The van der Waals surface area contributed by atoms with Gasteiger partial charge in [-0.2, -0.15) is 0 Å². The fourth-order valence-electron chi connectivity index (χ4n) is 0. The van der Waals surface area contributed by atoms with Gasteiger partial charge in [-0.25, -0.2) is 0 Å². The molecule has 0 aliphatic heterocycles. The normalized spacial score (nSPS) is 5.40. The van der Waals surface area contributed by atoms with Crippen LogP contribution in [-0.2, 0) is 0 Å². The summed E-state index contributed by atoms with van der Waals surface area (Å²) in [7, 11) is 0. The summed E-state index contributed by atoms with van der Waals surface area (Å²) in [6, 6.07) is 0. The van der Waals surface area contributed by atoms with E-state index in [0.29, 0.717) is 0 Å². The fourth-order valence-corrected chi connectivity index (χ4v) is 0. The Labute approximate surface area is 90.7 Å². The third kappa shape index (κ3) is 20.0. The van der Waals surface area contributed by atoms with Gasteiger partial charge in [0.15, 0.2) is 0 Å². The molecule has 5 heavy (non-hydrogen) atoms. The van der Waals surface area contributed by atoms with Crippen LogP contribution in [0.2, 0.25) is 0 Å². The van der Waals surface area contributed by atoms with E-state index in [-0.39, 0.29) is 52.8 Å². The van der Waals surface area contributed by atoms with Crippen molar-refractivity contribution >= 4 is 0 Å². The van der Waals surface area contributed by atoms with E-state index in [1.54, 1.807) is 0 Å². The molecule has 0 saturated heterocycles. The quantitative estimate of drug-likeness (QED) is 0.444. The van der Waals surface area contributed by atoms with Gasteiger partial charge in [-0.1, -0.05) is 0 Å². The molecular formula is HCeF3K. The zero-order valence-corrected chi connectivity index (χ0v) is 8.90. The standard InChI is InChI=1S/Ce.3FH.K.H/h;3*1H;;/q+3;;;;+1;-1/p-3. The molecule has 0 unspecified atom stereocenters. The van der Waals surface area contributed by atoms with Gasteiger partial charge in [0.05, 0.1) is 0 Å². The van der Waals surface area contributed by atoms with Crippen molar-refractivity contribution in [3.63, 3.8) is 0 Å².